The Hall–Kier alpha value is -2.22. The molecular weight excluding hydrogens is 266 g/mol. The maximum absolute atomic E-state index is 11.8. The number of nitrogens with one attached hydrogen (secondary N) is 1. The molecule has 1 saturated heterocycles. The van der Waals surface area contributed by atoms with E-state index in [2.05, 4.69) is 16.3 Å². The van der Waals surface area contributed by atoms with Crippen molar-refractivity contribution in [3.05, 3.63) is 29.8 Å². The van der Waals surface area contributed by atoms with Gasteiger partial charge in [0.1, 0.15) is 5.60 Å². The van der Waals surface area contributed by atoms with Gasteiger partial charge >= 0.3 is 6.09 Å². The number of carbonyl (C=O) groups is 1. The van der Waals surface area contributed by atoms with Crippen molar-refractivity contribution < 1.29 is 9.53 Å². The van der Waals surface area contributed by atoms with E-state index >= 15 is 0 Å². The van der Waals surface area contributed by atoms with Crippen molar-refractivity contribution in [1.82, 2.24) is 5.32 Å². The summed E-state index contributed by atoms with van der Waals surface area (Å²) >= 11 is 0. The van der Waals surface area contributed by atoms with Gasteiger partial charge in [-0.1, -0.05) is 0 Å². The third-order valence-electron chi connectivity index (χ3n) is 3.27. The summed E-state index contributed by atoms with van der Waals surface area (Å²) in [4.78, 5) is 14.0. The van der Waals surface area contributed by atoms with E-state index in [1.165, 1.54) is 0 Å². The number of nitriles is 1. The molecule has 0 aliphatic carbocycles. The van der Waals surface area contributed by atoms with E-state index in [4.69, 9.17) is 10.00 Å². The molecule has 5 nitrogen and oxygen atoms in total. The molecule has 1 fully saturated rings. The molecule has 0 saturated carbocycles. The molecule has 1 aromatic carbocycles. The molecule has 0 bridgehead atoms. The van der Waals surface area contributed by atoms with Gasteiger partial charge in [0.25, 0.3) is 0 Å². The van der Waals surface area contributed by atoms with E-state index in [0.717, 1.165) is 25.2 Å². The molecule has 0 radical (unpaired) electrons. The lowest BCUT2D eigenvalue weighted by Gasteiger charge is -2.22. The van der Waals surface area contributed by atoms with E-state index in [0.29, 0.717) is 5.56 Å². The Morgan fingerprint density at radius 3 is 2.62 bits per heavy atom. The first-order valence-electron chi connectivity index (χ1n) is 7.12. The Kier molecular flexibility index (Phi) is 4.37. The predicted molar refractivity (Wildman–Crippen MR) is 81.1 cm³/mol. The van der Waals surface area contributed by atoms with Gasteiger partial charge in [0, 0.05) is 18.8 Å². The standard InChI is InChI=1S/C16H21N3O2/c1-16(2,3)21-15(20)18-13-8-9-19(11-13)14-6-4-12(10-17)5-7-14/h4-7,13H,8-9,11H2,1-3H3,(H,18,20). The van der Waals surface area contributed by atoms with Crippen molar-refractivity contribution >= 4 is 11.8 Å². The Morgan fingerprint density at radius 2 is 2.05 bits per heavy atom. The van der Waals surface area contributed by atoms with Crippen LogP contribution in [0.3, 0.4) is 0 Å². The summed E-state index contributed by atoms with van der Waals surface area (Å²) in [5.41, 5.74) is 1.25. The van der Waals surface area contributed by atoms with Crippen molar-refractivity contribution in [2.75, 3.05) is 18.0 Å². The number of hydrogen-bond acceptors (Lipinski definition) is 4. The van der Waals surface area contributed by atoms with E-state index < -0.39 is 5.60 Å². The number of benzene rings is 1. The van der Waals surface area contributed by atoms with Gasteiger partial charge in [0.15, 0.2) is 0 Å². The normalized spacial score (nSPS) is 18.2. The Labute approximate surface area is 125 Å². The zero-order valence-electron chi connectivity index (χ0n) is 12.7. The van der Waals surface area contributed by atoms with Crippen LogP contribution in [-0.4, -0.2) is 30.8 Å². The van der Waals surface area contributed by atoms with Gasteiger partial charge in [0.2, 0.25) is 0 Å². The minimum atomic E-state index is -0.477. The number of rotatable bonds is 2. The summed E-state index contributed by atoms with van der Waals surface area (Å²) in [7, 11) is 0. The van der Waals surface area contributed by atoms with Crippen molar-refractivity contribution in [1.29, 1.82) is 5.26 Å². The van der Waals surface area contributed by atoms with Crippen LogP contribution in [0.1, 0.15) is 32.8 Å². The first-order valence-corrected chi connectivity index (χ1v) is 7.12. The summed E-state index contributed by atoms with van der Waals surface area (Å²) in [6.45, 7) is 7.19. The molecule has 0 spiro atoms. The molecule has 0 aromatic heterocycles. The Morgan fingerprint density at radius 1 is 1.38 bits per heavy atom. The fourth-order valence-electron chi connectivity index (χ4n) is 2.33. The van der Waals surface area contributed by atoms with Gasteiger partial charge in [-0.15, -0.1) is 0 Å². The molecule has 1 N–H and O–H groups in total. The second-order valence-electron chi connectivity index (χ2n) is 6.24. The molecule has 21 heavy (non-hydrogen) atoms. The highest BCUT2D eigenvalue weighted by atomic mass is 16.6. The van der Waals surface area contributed by atoms with E-state index in [9.17, 15) is 4.79 Å². The lowest BCUT2D eigenvalue weighted by atomic mass is 10.2. The van der Waals surface area contributed by atoms with Crippen LogP contribution in [0.5, 0.6) is 0 Å². The third kappa shape index (κ3) is 4.38. The molecule has 1 unspecified atom stereocenters. The van der Waals surface area contributed by atoms with Crippen LogP contribution in [0.15, 0.2) is 24.3 Å². The Balaban J connectivity index is 1.88. The largest absolute Gasteiger partial charge is 0.444 e. The summed E-state index contributed by atoms with van der Waals surface area (Å²) < 4.78 is 5.27. The fraction of sp³-hybridized carbons (Fsp3) is 0.500. The monoisotopic (exact) mass is 287 g/mol. The van der Waals surface area contributed by atoms with Crippen LogP contribution in [0.25, 0.3) is 0 Å². The number of carbonyl (C=O) groups excluding carboxylic acids is 1. The molecule has 1 aliphatic heterocycles. The molecule has 2 rings (SSSR count). The highest BCUT2D eigenvalue weighted by Crippen LogP contribution is 2.21. The molecule has 1 aromatic rings. The fourth-order valence-corrected chi connectivity index (χ4v) is 2.33. The predicted octanol–water partition coefficient (Wildman–Crippen LogP) is 2.66. The van der Waals surface area contributed by atoms with Gasteiger partial charge in [-0.05, 0) is 51.5 Å². The van der Waals surface area contributed by atoms with Gasteiger partial charge in [-0.3, -0.25) is 0 Å². The van der Waals surface area contributed by atoms with E-state index in [1.54, 1.807) is 0 Å². The van der Waals surface area contributed by atoms with Crippen molar-refractivity contribution in [2.24, 2.45) is 0 Å². The quantitative estimate of drug-likeness (QED) is 0.908. The third-order valence-corrected chi connectivity index (χ3v) is 3.27. The minimum Gasteiger partial charge on any atom is -0.444 e. The second kappa shape index (κ2) is 6.04. The topological polar surface area (TPSA) is 65.4 Å². The van der Waals surface area contributed by atoms with Crippen molar-refractivity contribution in [3.8, 4) is 6.07 Å². The minimum absolute atomic E-state index is 0.0930. The number of hydrogen-bond donors (Lipinski definition) is 1. The van der Waals surface area contributed by atoms with Crippen molar-refractivity contribution in [2.45, 2.75) is 38.8 Å². The molecule has 1 aliphatic rings. The van der Waals surface area contributed by atoms with Gasteiger partial charge < -0.3 is 15.0 Å². The highest BCUT2D eigenvalue weighted by Gasteiger charge is 2.26. The maximum atomic E-state index is 11.8. The van der Waals surface area contributed by atoms with Gasteiger partial charge in [-0.25, -0.2) is 4.79 Å². The van der Waals surface area contributed by atoms with Crippen LogP contribution in [0.2, 0.25) is 0 Å². The highest BCUT2D eigenvalue weighted by molar-refractivity contribution is 5.68. The van der Waals surface area contributed by atoms with E-state index in [1.807, 2.05) is 45.0 Å². The first-order chi connectivity index (χ1) is 9.87. The molecule has 112 valence electrons. The summed E-state index contributed by atoms with van der Waals surface area (Å²) in [6, 6.07) is 9.70. The smallest absolute Gasteiger partial charge is 0.407 e. The summed E-state index contributed by atoms with van der Waals surface area (Å²) in [6.07, 6.45) is 0.522. The average Bonchev–Trinajstić information content (AvgIpc) is 2.85. The Bertz CT molecular complexity index is 540. The molecule has 1 amide bonds. The zero-order chi connectivity index (χ0) is 15.5. The SMILES string of the molecule is CC(C)(C)OC(=O)NC1CCN(c2ccc(C#N)cc2)C1. The number of nitrogens with zero attached hydrogens (tertiary/aromatic N) is 2. The van der Waals surface area contributed by atoms with Gasteiger partial charge in [-0.2, -0.15) is 5.26 Å². The van der Waals surface area contributed by atoms with Crippen LogP contribution in [0.4, 0.5) is 10.5 Å². The zero-order valence-corrected chi connectivity index (χ0v) is 12.7. The molecule has 1 heterocycles. The second-order valence-corrected chi connectivity index (χ2v) is 6.24. The van der Waals surface area contributed by atoms with Crippen molar-refractivity contribution in [3.63, 3.8) is 0 Å². The molecule has 1 atom stereocenters. The number of alkyl carbamates (subject to hydrolysis) is 1. The average molecular weight is 287 g/mol. The number of amides is 1. The maximum Gasteiger partial charge on any atom is 0.407 e. The summed E-state index contributed by atoms with van der Waals surface area (Å²) in [5, 5.41) is 11.7. The molecule has 5 heteroatoms. The number of anilines is 1. The van der Waals surface area contributed by atoms with Gasteiger partial charge in [0.05, 0.1) is 17.7 Å². The van der Waals surface area contributed by atoms with Crippen LogP contribution >= 0.6 is 0 Å². The first kappa shape index (κ1) is 15.2. The van der Waals surface area contributed by atoms with Crippen LogP contribution in [-0.2, 0) is 4.74 Å². The molecular formula is C16H21N3O2. The van der Waals surface area contributed by atoms with Crippen LogP contribution < -0.4 is 10.2 Å². The van der Waals surface area contributed by atoms with Crippen LogP contribution in [0, 0.1) is 11.3 Å². The lowest BCUT2D eigenvalue weighted by molar-refractivity contribution is 0.0509. The number of ether oxygens (including phenoxy) is 1. The lowest BCUT2D eigenvalue weighted by Crippen LogP contribution is -2.40. The van der Waals surface area contributed by atoms with E-state index in [-0.39, 0.29) is 12.1 Å². The summed E-state index contributed by atoms with van der Waals surface area (Å²) in [5.74, 6) is 0.